The lowest BCUT2D eigenvalue weighted by molar-refractivity contribution is 0.101. The van der Waals surface area contributed by atoms with E-state index < -0.39 is 9.84 Å². The number of aromatic hydroxyl groups is 1. The highest BCUT2D eigenvalue weighted by molar-refractivity contribution is 7.91. The van der Waals surface area contributed by atoms with Crippen LogP contribution in [0.15, 0.2) is 36.7 Å². The quantitative estimate of drug-likeness (QED) is 0.115. The summed E-state index contributed by atoms with van der Waals surface area (Å²) in [6.45, 7) is 9.32. The minimum Gasteiger partial charge on any atom is -0.507 e. The number of phenolic OH excluding ortho intramolecular Hbond substituents is 1. The van der Waals surface area contributed by atoms with E-state index in [1.165, 1.54) is 31.5 Å². The Kier molecular flexibility index (Phi) is 12.4. The molecule has 0 radical (unpaired) electrons. The lowest BCUT2D eigenvalue weighted by Crippen LogP contribution is -2.32. The maximum absolute atomic E-state index is 11.6. The molecule has 3 heterocycles. The highest BCUT2D eigenvalue weighted by Crippen LogP contribution is 2.40. The number of Topliss-reactive ketones (excluding diaryl/α,β-unsaturated/α-hetero) is 1. The average molecular weight is 743 g/mol. The number of carbonyl (C=O) groups excluding carboxylic acids is 1. The Bertz CT molecular complexity index is 2000. The summed E-state index contributed by atoms with van der Waals surface area (Å²) in [5.74, 6) is 2.96. The van der Waals surface area contributed by atoms with Crippen molar-refractivity contribution >= 4 is 50.8 Å². The first kappa shape index (κ1) is 38.7. The molecule has 15 nitrogen and oxygen atoms in total. The highest BCUT2D eigenvalue weighted by atomic mass is 35.5. The monoisotopic (exact) mass is 742 g/mol. The van der Waals surface area contributed by atoms with Gasteiger partial charge in [0.15, 0.2) is 28.9 Å². The van der Waals surface area contributed by atoms with Crippen molar-refractivity contribution in [2.75, 3.05) is 41.1 Å². The van der Waals surface area contributed by atoms with E-state index in [0.29, 0.717) is 46.8 Å². The summed E-state index contributed by atoms with van der Waals surface area (Å²) in [7, 11) is -1.36. The van der Waals surface area contributed by atoms with Gasteiger partial charge in [-0.3, -0.25) is 4.79 Å². The number of sulfone groups is 1. The van der Waals surface area contributed by atoms with Crippen LogP contribution in [0.1, 0.15) is 80.8 Å². The summed E-state index contributed by atoms with van der Waals surface area (Å²) in [4.78, 5) is 27.8. The van der Waals surface area contributed by atoms with Gasteiger partial charge < -0.3 is 41.8 Å². The van der Waals surface area contributed by atoms with Gasteiger partial charge in [0, 0.05) is 23.2 Å². The molecule has 5 rings (SSSR count). The van der Waals surface area contributed by atoms with Crippen LogP contribution in [-0.2, 0) is 9.84 Å². The Morgan fingerprint density at radius 3 is 1.94 bits per heavy atom. The minimum absolute atomic E-state index is 0.00219. The predicted molar refractivity (Wildman–Crippen MR) is 197 cm³/mol. The number of phenols is 1. The summed E-state index contributed by atoms with van der Waals surface area (Å²) in [6.07, 6.45) is 3.90. The van der Waals surface area contributed by atoms with Gasteiger partial charge in [-0.05, 0) is 49.8 Å². The summed E-state index contributed by atoms with van der Waals surface area (Å²) >= 11 is 6.25. The molecule has 2 aromatic heterocycles. The molecule has 1 aliphatic heterocycles. The van der Waals surface area contributed by atoms with Crippen LogP contribution in [0.4, 0.5) is 23.5 Å². The number of benzene rings is 2. The molecule has 0 atom stereocenters. The molecule has 0 saturated carbocycles. The molecule has 1 fully saturated rings. The van der Waals surface area contributed by atoms with E-state index in [4.69, 9.17) is 43.0 Å². The number of anilines is 4. The fourth-order valence-electron chi connectivity index (χ4n) is 5.12. The molecule has 8 N–H and O–H groups in total. The Hall–Kier alpha value is -5.09. The number of aromatic nitrogens is 4. The van der Waals surface area contributed by atoms with Gasteiger partial charge in [-0.15, -0.1) is 0 Å². The van der Waals surface area contributed by atoms with Crippen molar-refractivity contribution in [1.82, 2.24) is 19.9 Å². The molecule has 0 amide bonds. The SMILES string of the molecule is CC(=O)c1cc(Oc2cnc(N)nc2N)c(C(C)C)cc1O.COc1cc(C(C)C)c(Oc2cnc(NC3CCS(=O)(=O)CC3)nc2N)cc1Cl. The summed E-state index contributed by atoms with van der Waals surface area (Å²) < 4.78 is 40.1. The Morgan fingerprint density at radius 2 is 1.41 bits per heavy atom. The number of nitrogens with zero attached hydrogens (tertiary/aromatic N) is 4. The molecule has 274 valence electrons. The molecule has 2 aromatic carbocycles. The summed E-state index contributed by atoms with van der Waals surface area (Å²) in [5, 5.41) is 13.5. The first-order chi connectivity index (χ1) is 24.0. The summed E-state index contributed by atoms with van der Waals surface area (Å²) in [6, 6.07) is 6.53. The van der Waals surface area contributed by atoms with Crippen molar-refractivity contribution < 1.29 is 32.5 Å². The normalized spacial score (nSPS) is 14.1. The van der Waals surface area contributed by atoms with Crippen LogP contribution in [0, 0.1) is 0 Å². The third-order valence-electron chi connectivity index (χ3n) is 7.95. The van der Waals surface area contributed by atoms with Gasteiger partial charge in [-0.2, -0.15) is 9.97 Å². The van der Waals surface area contributed by atoms with Crippen LogP contribution in [0.3, 0.4) is 0 Å². The molecule has 0 aliphatic carbocycles. The zero-order valence-electron chi connectivity index (χ0n) is 29.2. The van der Waals surface area contributed by atoms with E-state index in [2.05, 4.69) is 25.3 Å². The van der Waals surface area contributed by atoms with Crippen LogP contribution in [-0.4, -0.2) is 63.9 Å². The molecular weight excluding hydrogens is 700 g/mol. The average Bonchev–Trinajstić information content (AvgIpc) is 3.05. The zero-order valence-corrected chi connectivity index (χ0v) is 30.8. The van der Waals surface area contributed by atoms with Crippen molar-refractivity contribution in [2.24, 2.45) is 0 Å². The van der Waals surface area contributed by atoms with Crippen molar-refractivity contribution in [3.05, 3.63) is 58.4 Å². The van der Waals surface area contributed by atoms with Crippen molar-refractivity contribution in [2.45, 2.75) is 65.3 Å². The predicted octanol–water partition coefficient (Wildman–Crippen LogP) is 6.09. The standard InChI is InChI=1S/C19H25ClN4O4S.C15H18N4O3/c1-11(2)13-8-16(27-3)14(20)9-15(13)28-17-10-22-19(24-18(17)21)23-12-4-6-29(25,26)7-5-12;1-7(2)9-4-11(21)10(8(3)20)5-12(9)22-13-6-18-15(17)19-14(13)16/h8-12H,4-7H2,1-3H3,(H3,21,22,23,24);4-7,21H,1-3H3,(H4,16,17,18,19). The van der Waals surface area contributed by atoms with E-state index in [9.17, 15) is 18.3 Å². The number of ketones is 1. The number of nitrogens with one attached hydrogen (secondary N) is 1. The minimum atomic E-state index is -2.92. The maximum Gasteiger partial charge on any atom is 0.225 e. The molecule has 4 aromatic rings. The number of nitrogens with two attached hydrogens (primary N) is 3. The van der Waals surface area contributed by atoms with Crippen LogP contribution in [0.25, 0.3) is 0 Å². The smallest absolute Gasteiger partial charge is 0.225 e. The van der Waals surface area contributed by atoms with Gasteiger partial charge in [-0.1, -0.05) is 39.3 Å². The molecule has 17 heteroatoms. The van der Waals surface area contributed by atoms with Crippen molar-refractivity contribution in [1.29, 1.82) is 0 Å². The number of nitrogen functional groups attached to an aromatic ring is 3. The van der Waals surface area contributed by atoms with E-state index in [-0.39, 0.29) is 69.8 Å². The number of hydrogen-bond donors (Lipinski definition) is 5. The van der Waals surface area contributed by atoms with E-state index >= 15 is 0 Å². The Balaban J connectivity index is 0.000000238. The van der Waals surface area contributed by atoms with Crippen LogP contribution in [0.2, 0.25) is 5.02 Å². The second-order valence-electron chi connectivity index (χ2n) is 12.5. The number of methoxy groups -OCH3 is 1. The first-order valence-electron chi connectivity index (χ1n) is 16.1. The van der Waals surface area contributed by atoms with Gasteiger partial charge in [0.2, 0.25) is 11.9 Å². The second kappa shape index (κ2) is 16.3. The van der Waals surface area contributed by atoms with E-state index in [1.54, 1.807) is 13.2 Å². The lowest BCUT2D eigenvalue weighted by atomic mass is 9.98. The number of ether oxygens (including phenoxy) is 3. The molecule has 51 heavy (non-hydrogen) atoms. The number of carbonyl (C=O) groups is 1. The lowest BCUT2D eigenvalue weighted by Gasteiger charge is -2.23. The van der Waals surface area contributed by atoms with Gasteiger partial charge in [0.25, 0.3) is 0 Å². The first-order valence-corrected chi connectivity index (χ1v) is 18.3. The van der Waals surface area contributed by atoms with Crippen LogP contribution in [0.5, 0.6) is 34.5 Å². The third-order valence-corrected chi connectivity index (χ3v) is 9.96. The molecule has 0 unspecified atom stereocenters. The van der Waals surface area contributed by atoms with Gasteiger partial charge in [-0.25, -0.2) is 18.4 Å². The van der Waals surface area contributed by atoms with E-state index in [0.717, 1.165) is 11.1 Å². The van der Waals surface area contributed by atoms with Gasteiger partial charge in [0.1, 0.15) is 32.8 Å². The number of rotatable bonds is 10. The topological polar surface area (TPSA) is 241 Å². The van der Waals surface area contributed by atoms with Crippen molar-refractivity contribution in [3.8, 4) is 34.5 Å². The van der Waals surface area contributed by atoms with Gasteiger partial charge in [0.05, 0.1) is 41.6 Å². The molecule has 0 bridgehead atoms. The van der Waals surface area contributed by atoms with Crippen LogP contribution >= 0.6 is 11.6 Å². The maximum atomic E-state index is 11.6. The molecular formula is C34H43ClN8O7S. The fraction of sp³-hybridized carbons (Fsp3) is 0.382. The van der Waals surface area contributed by atoms with Crippen molar-refractivity contribution in [3.63, 3.8) is 0 Å². The largest absolute Gasteiger partial charge is 0.507 e. The highest BCUT2D eigenvalue weighted by Gasteiger charge is 2.24. The summed E-state index contributed by atoms with van der Waals surface area (Å²) in [5.41, 5.74) is 19.1. The van der Waals surface area contributed by atoms with E-state index in [1.807, 2.05) is 33.8 Å². The van der Waals surface area contributed by atoms with Crippen LogP contribution < -0.4 is 36.7 Å². The molecule has 1 saturated heterocycles. The zero-order chi connectivity index (χ0) is 37.6. The van der Waals surface area contributed by atoms with Gasteiger partial charge >= 0.3 is 0 Å². The number of hydrogen-bond acceptors (Lipinski definition) is 15. The fourth-order valence-corrected chi connectivity index (χ4v) is 6.84. The Labute approximate surface area is 301 Å². The Morgan fingerprint density at radius 1 is 0.863 bits per heavy atom. The second-order valence-corrected chi connectivity index (χ2v) is 15.2. The molecule has 1 aliphatic rings. The third kappa shape index (κ3) is 10.0. The molecule has 0 spiro atoms. The number of halogens is 1.